The molecule has 2 aromatic rings. The van der Waals surface area contributed by atoms with Crippen molar-refractivity contribution < 1.29 is 4.74 Å². The van der Waals surface area contributed by atoms with Gasteiger partial charge in [0, 0.05) is 26.2 Å². The topological polar surface area (TPSA) is 34.5 Å². The van der Waals surface area contributed by atoms with E-state index in [-0.39, 0.29) is 4.87 Å². The Morgan fingerprint density at radius 1 is 1.08 bits per heavy atom. The average molecular weight is 361 g/mol. The number of nitrogens with zero attached hydrogens (tertiary/aromatic N) is 2. The minimum Gasteiger partial charge on any atom is -0.378 e. The molecule has 0 N–H and O–H groups in total. The predicted octanol–water partition coefficient (Wildman–Crippen LogP) is 3.73. The van der Waals surface area contributed by atoms with E-state index in [0.717, 1.165) is 68.2 Å². The van der Waals surface area contributed by atoms with Crippen LogP contribution in [0.25, 0.3) is 10.2 Å². The number of rotatable bonds is 7. The molecule has 1 aromatic carbocycles. The molecule has 0 amide bonds. The molecule has 4 rings (SSSR count). The lowest BCUT2D eigenvalue weighted by molar-refractivity contribution is -0.0217. The second kappa shape index (κ2) is 8.02. The number of para-hydroxylation sites is 1. The number of piperidine rings is 1. The standard InChI is InChI=1S/C20H28N2O2S/c23-20-22(18-7-1-2-8-19(18)25-20)12-4-11-21-13-9-17(10-14-21)24-15-16-5-3-6-16/h1-2,7-8,16-17H,3-6,9-15H2. The number of aromatic nitrogens is 1. The van der Waals surface area contributed by atoms with Gasteiger partial charge in [-0.05, 0) is 56.7 Å². The van der Waals surface area contributed by atoms with E-state index in [4.69, 9.17) is 4.74 Å². The molecule has 0 spiro atoms. The quantitative estimate of drug-likeness (QED) is 0.754. The zero-order valence-electron chi connectivity index (χ0n) is 14.9. The van der Waals surface area contributed by atoms with Crippen LogP contribution in [0.15, 0.2) is 29.1 Å². The van der Waals surface area contributed by atoms with Crippen molar-refractivity contribution in [1.82, 2.24) is 9.47 Å². The average Bonchev–Trinajstić information content (AvgIpc) is 2.91. The number of hydrogen-bond acceptors (Lipinski definition) is 4. The Hall–Kier alpha value is -1.17. The molecular formula is C20H28N2O2S. The molecule has 0 unspecified atom stereocenters. The Morgan fingerprint density at radius 3 is 2.64 bits per heavy atom. The number of ether oxygens (including phenoxy) is 1. The van der Waals surface area contributed by atoms with Gasteiger partial charge in [0.05, 0.1) is 16.3 Å². The van der Waals surface area contributed by atoms with Crippen LogP contribution in [-0.2, 0) is 11.3 Å². The number of thiazole rings is 1. The monoisotopic (exact) mass is 360 g/mol. The molecule has 2 fully saturated rings. The van der Waals surface area contributed by atoms with Gasteiger partial charge in [-0.15, -0.1) is 0 Å². The van der Waals surface area contributed by atoms with Crippen molar-refractivity contribution >= 4 is 21.6 Å². The smallest absolute Gasteiger partial charge is 0.308 e. The number of hydrogen-bond donors (Lipinski definition) is 0. The molecule has 1 aliphatic carbocycles. The Kier molecular flexibility index (Phi) is 5.54. The molecule has 1 saturated heterocycles. The SMILES string of the molecule is O=c1sc2ccccc2n1CCCN1CCC(OCC2CCC2)CC1. The molecule has 2 aliphatic rings. The minimum absolute atomic E-state index is 0.171. The normalized spacial score (nSPS) is 20.2. The summed E-state index contributed by atoms with van der Waals surface area (Å²) in [5, 5.41) is 0. The Morgan fingerprint density at radius 2 is 1.88 bits per heavy atom. The first kappa shape index (κ1) is 17.3. The van der Waals surface area contributed by atoms with Crippen LogP contribution in [-0.4, -0.2) is 41.8 Å². The first-order valence-electron chi connectivity index (χ1n) is 9.72. The fraction of sp³-hybridized carbons (Fsp3) is 0.650. The predicted molar refractivity (Wildman–Crippen MR) is 103 cm³/mol. The summed E-state index contributed by atoms with van der Waals surface area (Å²) in [6, 6.07) is 8.10. The van der Waals surface area contributed by atoms with Gasteiger partial charge in [-0.3, -0.25) is 9.36 Å². The summed E-state index contributed by atoms with van der Waals surface area (Å²) in [4.78, 5) is 14.9. The van der Waals surface area contributed by atoms with Crippen LogP contribution in [0.3, 0.4) is 0 Å². The van der Waals surface area contributed by atoms with Crippen molar-refractivity contribution in [1.29, 1.82) is 0 Å². The second-order valence-corrected chi connectivity index (χ2v) is 8.51. The van der Waals surface area contributed by atoms with Gasteiger partial charge in [0.2, 0.25) is 0 Å². The van der Waals surface area contributed by atoms with Crippen LogP contribution in [0.4, 0.5) is 0 Å². The van der Waals surface area contributed by atoms with E-state index in [0.29, 0.717) is 6.10 Å². The summed E-state index contributed by atoms with van der Waals surface area (Å²) >= 11 is 1.36. The van der Waals surface area contributed by atoms with Gasteiger partial charge >= 0.3 is 4.87 Å². The lowest BCUT2D eigenvalue weighted by atomic mass is 9.86. The van der Waals surface area contributed by atoms with Gasteiger partial charge < -0.3 is 9.64 Å². The third-order valence-electron chi connectivity index (χ3n) is 5.76. The van der Waals surface area contributed by atoms with Crippen molar-refractivity contribution in [2.75, 3.05) is 26.2 Å². The van der Waals surface area contributed by atoms with E-state index in [1.54, 1.807) is 0 Å². The molecule has 0 bridgehead atoms. The van der Waals surface area contributed by atoms with Crippen molar-refractivity contribution in [2.24, 2.45) is 5.92 Å². The fourth-order valence-corrected chi connectivity index (χ4v) is 4.83. The van der Waals surface area contributed by atoms with Crippen LogP contribution in [0, 0.1) is 5.92 Å². The lowest BCUT2D eigenvalue weighted by Crippen LogP contribution is -2.38. The molecule has 136 valence electrons. The molecule has 2 heterocycles. The maximum absolute atomic E-state index is 12.2. The van der Waals surface area contributed by atoms with Crippen molar-refractivity contribution in [3.63, 3.8) is 0 Å². The Bertz CT molecular complexity index is 741. The zero-order valence-corrected chi connectivity index (χ0v) is 15.7. The van der Waals surface area contributed by atoms with E-state index < -0.39 is 0 Å². The van der Waals surface area contributed by atoms with Crippen LogP contribution >= 0.6 is 11.3 Å². The molecule has 0 atom stereocenters. The summed E-state index contributed by atoms with van der Waals surface area (Å²) in [5.41, 5.74) is 1.08. The van der Waals surface area contributed by atoms with Crippen molar-refractivity contribution in [2.45, 2.75) is 51.2 Å². The number of aryl methyl sites for hydroxylation is 1. The lowest BCUT2D eigenvalue weighted by Gasteiger charge is -2.34. The van der Waals surface area contributed by atoms with Gasteiger partial charge in [-0.1, -0.05) is 29.9 Å². The Labute approximate surface area is 153 Å². The van der Waals surface area contributed by atoms with E-state index in [2.05, 4.69) is 11.0 Å². The first-order valence-corrected chi connectivity index (χ1v) is 10.5. The van der Waals surface area contributed by atoms with Gasteiger partial charge in [-0.25, -0.2) is 0 Å². The van der Waals surface area contributed by atoms with Crippen LogP contribution in [0.5, 0.6) is 0 Å². The summed E-state index contributed by atoms with van der Waals surface area (Å²) < 4.78 is 9.13. The molecular weight excluding hydrogens is 332 g/mol. The molecule has 1 aromatic heterocycles. The van der Waals surface area contributed by atoms with Gasteiger partial charge in [0.1, 0.15) is 0 Å². The van der Waals surface area contributed by atoms with Crippen LogP contribution in [0.1, 0.15) is 38.5 Å². The highest BCUT2D eigenvalue weighted by molar-refractivity contribution is 7.16. The first-order chi connectivity index (χ1) is 12.3. The third-order valence-corrected chi connectivity index (χ3v) is 6.72. The molecule has 4 nitrogen and oxygen atoms in total. The number of fused-ring (bicyclic) bond motifs is 1. The second-order valence-electron chi connectivity index (χ2n) is 7.51. The summed E-state index contributed by atoms with van der Waals surface area (Å²) in [6.07, 6.45) is 7.97. The van der Waals surface area contributed by atoms with Gasteiger partial charge in [-0.2, -0.15) is 0 Å². The fourth-order valence-electron chi connectivity index (χ4n) is 3.91. The van der Waals surface area contributed by atoms with Crippen LogP contribution in [0.2, 0.25) is 0 Å². The molecule has 1 saturated carbocycles. The van der Waals surface area contributed by atoms with Gasteiger partial charge in [0.15, 0.2) is 0 Å². The molecule has 1 aliphatic heterocycles. The highest BCUT2D eigenvalue weighted by atomic mass is 32.1. The third kappa shape index (κ3) is 4.15. The van der Waals surface area contributed by atoms with Crippen LogP contribution < -0.4 is 4.87 Å². The summed E-state index contributed by atoms with van der Waals surface area (Å²) in [5.74, 6) is 0.844. The molecule has 5 heteroatoms. The van der Waals surface area contributed by atoms with E-state index in [1.165, 1.54) is 30.6 Å². The van der Waals surface area contributed by atoms with E-state index in [1.807, 2.05) is 22.8 Å². The summed E-state index contributed by atoms with van der Waals surface area (Å²) in [6.45, 7) is 5.15. The highest BCUT2D eigenvalue weighted by Gasteiger charge is 2.23. The summed E-state index contributed by atoms with van der Waals surface area (Å²) in [7, 11) is 0. The number of benzene rings is 1. The van der Waals surface area contributed by atoms with E-state index in [9.17, 15) is 4.79 Å². The Balaban J connectivity index is 1.20. The highest BCUT2D eigenvalue weighted by Crippen LogP contribution is 2.27. The zero-order chi connectivity index (χ0) is 17.1. The molecule has 25 heavy (non-hydrogen) atoms. The number of likely N-dealkylation sites (tertiary alicyclic amines) is 1. The maximum Gasteiger partial charge on any atom is 0.308 e. The van der Waals surface area contributed by atoms with Crippen molar-refractivity contribution in [3.8, 4) is 0 Å². The largest absolute Gasteiger partial charge is 0.378 e. The van der Waals surface area contributed by atoms with E-state index >= 15 is 0 Å². The minimum atomic E-state index is 0.171. The van der Waals surface area contributed by atoms with Crippen molar-refractivity contribution in [3.05, 3.63) is 33.9 Å². The van der Waals surface area contributed by atoms with Gasteiger partial charge in [0.25, 0.3) is 0 Å². The molecule has 0 radical (unpaired) electrons. The maximum atomic E-state index is 12.2.